The van der Waals surface area contributed by atoms with Crippen molar-refractivity contribution in [1.29, 1.82) is 0 Å². The molecule has 2 heterocycles. The molecular weight excluding hydrogens is 436 g/mol. The second-order valence-corrected chi connectivity index (χ2v) is 8.33. The highest BCUT2D eigenvalue weighted by Crippen LogP contribution is 2.30. The number of rotatable bonds is 7. The van der Waals surface area contributed by atoms with Crippen molar-refractivity contribution in [3.05, 3.63) is 82.2 Å². The molecule has 0 spiro atoms. The average molecular weight is 461 g/mol. The Kier molecular flexibility index (Phi) is 6.65. The van der Waals surface area contributed by atoms with Crippen molar-refractivity contribution in [2.45, 2.75) is 20.4 Å². The summed E-state index contributed by atoms with van der Waals surface area (Å²) >= 11 is 1.41. The van der Waals surface area contributed by atoms with Crippen LogP contribution in [0.25, 0.3) is 21.3 Å². The minimum absolute atomic E-state index is 0.0474. The van der Waals surface area contributed by atoms with E-state index in [-0.39, 0.29) is 23.9 Å². The first-order valence-electron chi connectivity index (χ1n) is 10.7. The van der Waals surface area contributed by atoms with Crippen LogP contribution in [0.1, 0.15) is 24.2 Å². The van der Waals surface area contributed by atoms with Gasteiger partial charge in [-0.25, -0.2) is 4.98 Å². The zero-order chi connectivity index (χ0) is 23.4. The molecule has 2 amide bonds. The van der Waals surface area contributed by atoms with Gasteiger partial charge in [-0.15, -0.1) is 11.3 Å². The zero-order valence-corrected chi connectivity index (χ0v) is 19.3. The van der Waals surface area contributed by atoms with Crippen LogP contribution < -0.4 is 10.9 Å². The molecule has 7 nitrogen and oxygen atoms in total. The Morgan fingerprint density at radius 2 is 1.73 bits per heavy atom. The third-order valence-corrected chi connectivity index (χ3v) is 6.31. The maximum atomic E-state index is 13.1. The fourth-order valence-electron chi connectivity index (χ4n) is 3.66. The molecule has 0 saturated carbocycles. The fourth-order valence-corrected chi connectivity index (χ4v) is 4.56. The van der Waals surface area contributed by atoms with E-state index >= 15 is 0 Å². The fraction of sp³-hybridized carbons (Fsp3) is 0.200. The van der Waals surface area contributed by atoms with E-state index in [1.807, 2.05) is 49.6 Å². The molecule has 0 unspecified atom stereocenters. The second kappa shape index (κ2) is 9.79. The molecule has 8 heteroatoms. The lowest BCUT2D eigenvalue weighted by atomic mass is 10.1. The first kappa shape index (κ1) is 22.4. The minimum Gasteiger partial charge on any atom is -0.339 e. The van der Waals surface area contributed by atoms with Crippen molar-refractivity contribution < 1.29 is 9.59 Å². The van der Waals surface area contributed by atoms with Crippen molar-refractivity contribution in [2.75, 3.05) is 18.4 Å². The first-order valence-corrected chi connectivity index (χ1v) is 11.6. The summed E-state index contributed by atoms with van der Waals surface area (Å²) in [5, 5.41) is 5.21. The Bertz CT molecular complexity index is 1340. The van der Waals surface area contributed by atoms with Crippen molar-refractivity contribution >= 4 is 39.1 Å². The molecule has 0 radical (unpaired) electrons. The predicted octanol–water partition coefficient (Wildman–Crippen LogP) is 4.25. The summed E-state index contributed by atoms with van der Waals surface area (Å²) in [7, 11) is 0. The molecule has 0 atom stereocenters. The molecule has 168 valence electrons. The summed E-state index contributed by atoms with van der Waals surface area (Å²) in [6, 6.07) is 16.4. The number of fused-ring (bicyclic) bond motifs is 1. The molecule has 0 saturated heterocycles. The number of nitrogens with one attached hydrogen (secondary N) is 1. The molecule has 2 aromatic heterocycles. The standard InChI is InChI=1S/C25H24N4O3S/c1-3-28(4-2)24(31)18-10-12-19(13-11-18)27-21(30)14-29-16-26-23-22(25(29)32)20(15-33-23)17-8-6-5-7-9-17/h5-13,15-16H,3-4,14H2,1-2H3,(H,27,30). The van der Waals surface area contributed by atoms with E-state index in [0.29, 0.717) is 34.6 Å². The molecule has 33 heavy (non-hydrogen) atoms. The Hall–Kier alpha value is -3.78. The number of amides is 2. The number of anilines is 1. The van der Waals surface area contributed by atoms with Crippen LogP contribution >= 0.6 is 11.3 Å². The van der Waals surface area contributed by atoms with Crippen LogP contribution in [0, 0.1) is 0 Å². The molecule has 2 aromatic carbocycles. The van der Waals surface area contributed by atoms with Crippen LogP contribution in [0.15, 0.2) is 71.1 Å². The quantitative estimate of drug-likeness (QED) is 0.447. The highest BCUT2D eigenvalue weighted by atomic mass is 32.1. The topological polar surface area (TPSA) is 84.3 Å². The van der Waals surface area contributed by atoms with E-state index in [2.05, 4.69) is 10.3 Å². The van der Waals surface area contributed by atoms with E-state index in [9.17, 15) is 14.4 Å². The highest BCUT2D eigenvalue weighted by molar-refractivity contribution is 7.17. The number of thiophene rings is 1. The van der Waals surface area contributed by atoms with Gasteiger partial charge in [-0.3, -0.25) is 19.0 Å². The first-order chi connectivity index (χ1) is 16.0. The molecule has 0 bridgehead atoms. The lowest BCUT2D eigenvalue weighted by molar-refractivity contribution is -0.116. The van der Waals surface area contributed by atoms with Gasteiger partial charge in [-0.2, -0.15) is 0 Å². The van der Waals surface area contributed by atoms with Crippen molar-refractivity contribution in [3.63, 3.8) is 0 Å². The van der Waals surface area contributed by atoms with Crippen molar-refractivity contribution in [1.82, 2.24) is 14.5 Å². The van der Waals surface area contributed by atoms with Gasteiger partial charge in [0.25, 0.3) is 11.5 Å². The SMILES string of the molecule is CCN(CC)C(=O)c1ccc(NC(=O)Cn2cnc3scc(-c4ccccc4)c3c2=O)cc1. The Morgan fingerprint density at radius 3 is 2.39 bits per heavy atom. The van der Waals surface area contributed by atoms with Gasteiger partial charge in [-0.1, -0.05) is 30.3 Å². The second-order valence-electron chi connectivity index (χ2n) is 7.48. The molecule has 0 aliphatic heterocycles. The van der Waals surface area contributed by atoms with E-state index in [1.54, 1.807) is 29.2 Å². The third-order valence-electron chi connectivity index (χ3n) is 5.43. The van der Waals surface area contributed by atoms with E-state index in [4.69, 9.17) is 0 Å². The lowest BCUT2D eigenvalue weighted by Gasteiger charge is -2.18. The lowest BCUT2D eigenvalue weighted by Crippen LogP contribution is -2.30. The summed E-state index contributed by atoms with van der Waals surface area (Å²) in [4.78, 5) is 44.9. The number of hydrogen-bond acceptors (Lipinski definition) is 5. The number of carbonyl (C=O) groups is 2. The van der Waals surface area contributed by atoms with Gasteiger partial charge in [-0.05, 0) is 43.7 Å². The molecule has 4 aromatic rings. The van der Waals surface area contributed by atoms with Crippen LogP contribution in [0.5, 0.6) is 0 Å². The molecule has 0 aliphatic rings. The monoisotopic (exact) mass is 460 g/mol. The summed E-state index contributed by atoms with van der Waals surface area (Å²) < 4.78 is 1.31. The van der Waals surface area contributed by atoms with Crippen LogP contribution in [0.4, 0.5) is 5.69 Å². The van der Waals surface area contributed by atoms with Gasteiger partial charge in [0.1, 0.15) is 11.4 Å². The normalized spacial score (nSPS) is 10.8. The van der Waals surface area contributed by atoms with E-state index in [0.717, 1.165) is 11.1 Å². The summed E-state index contributed by atoms with van der Waals surface area (Å²) in [6.07, 6.45) is 1.40. The summed E-state index contributed by atoms with van der Waals surface area (Å²) in [6.45, 7) is 4.98. The van der Waals surface area contributed by atoms with Crippen molar-refractivity contribution in [3.8, 4) is 11.1 Å². The van der Waals surface area contributed by atoms with Crippen LogP contribution in [0.3, 0.4) is 0 Å². The number of hydrogen-bond donors (Lipinski definition) is 1. The Labute approximate surface area is 195 Å². The molecular formula is C25H24N4O3S. The van der Waals surface area contributed by atoms with Gasteiger partial charge in [0.2, 0.25) is 5.91 Å². The average Bonchev–Trinajstić information content (AvgIpc) is 3.27. The molecule has 0 fully saturated rings. The molecule has 4 rings (SSSR count). The van der Waals surface area contributed by atoms with Crippen LogP contribution in [-0.2, 0) is 11.3 Å². The summed E-state index contributed by atoms with van der Waals surface area (Å²) in [5.74, 6) is -0.397. The maximum absolute atomic E-state index is 13.1. The largest absolute Gasteiger partial charge is 0.339 e. The smallest absolute Gasteiger partial charge is 0.263 e. The zero-order valence-electron chi connectivity index (χ0n) is 18.4. The van der Waals surface area contributed by atoms with Crippen LogP contribution in [0.2, 0.25) is 0 Å². The number of carbonyl (C=O) groups excluding carboxylic acids is 2. The number of nitrogens with zero attached hydrogens (tertiary/aromatic N) is 3. The Balaban J connectivity index is 1.51. The summed E-state index contributed by atoms with van der Waals surface area (Å²) in [5.41, 5.74) is 2.61. The van der Waals surface area contributed by atoms with E-state index < -0.39 is 0 Å². The van der Waals surface area contributed by atoms with Gasteiger partial charge in [0.15, 0.2) is 0 Å². The van der Waals surface area contributed by atoms with Gasteiger partial charge < -0.3 is 10.2 Å². The number of benzene rings is 2. The predicted molar refractivity (Wildman–Crippen MR) is 132 cm³/mol. The highest BCUT2D eigenvalue weighted by Gasteiger charge is 2.15. The van der Waals surface area contributed by atoms with Crippen molar-refractivity contribution in [2.24, 2.45) is 0 Å². The minimum atomic E-state index is -0.349. The maximum Gasteiger partial charge on any atom is 0.263 e. The van der Waals surface area contributed by atoms with Crippen LogP contribution in [-0.4, -0.2) is 39.4 Å². The Morgan fingerprint density at radius 1 is 1.03 bits per heavy atom. The van der Waals surface area contributed by atoms with Gasteiger partial charge >= 0.3 is 0 Å². The van der Waals surface area contributed by atoms with Gasteiger partial charge in [0, 0.05) is 35.3 Å². The molecule has 0 aliphatic carbocycles. The van der Waals surface area contributed by atoms with E-state index in [1.165, 1.54) is 22.2 Å². The number of aromatic nitrogens is 2. The molecule has 1 N–H and O–H groups in total. The third kappa shape index (κ3) is 4.70. The van der Waals surface area contributed by atoms with Gasteiger partial charge in [0.05, 0.1) is 11.7 Å².